The number of allylic oxidation sites excluding steroid dienone is 3. The van der Waals surface area contributed by atoms with E-state index in [1.807, 2.05) is 6.20 Å². The van der Waals surface area contributed by atoms with Crippen LogP contribution in [-0.4, -0.2) is 53.6 Å². The first-order valence-corrected chi connectivity index (χ1v) is 12.0. The van der Waals surface area contributed by atoms with E-state index < -0.39 is 0 Å². The van der Waals surface area contributed by atoms with Crippen LogP contribution in [0.5, 0.6) is 0 Å². The third-order valence-electron chi connectivity index (χ3n) is 6.20. The Kier molecular flexibility index (Phi) is 9.19. The van der Waals surface area contributed by atoms with Gasteiger partial charge < -0.3 is 10.2 Å². The molecular weight excluding hydrogens is 370 g/mol. The lowest BCUT2D eigenvalue weighted by atomic mass is 10.1. The summed E-state index contributed by atoms with van der Waals surface area (Å²) in [5.41, 5.74) is 2.91. The zero-order valence-corrected chi connectivity index (χ0v) is 19.4. The van der Waals surface area contributed by atoms with Crippen LogP contribution in [0, 0.1) is 0 Å². The second kappa shape index (κ2) is 12.1. The molecule has 0 spiro atoms. The third kappa shape index (κ3) is 7.75. The zero-order valence-electron chi connectivity index (χ0n) is 19.4. The van der Waals surface area contributed by atoms with Gasteiger partial charge in [0, 0.05) is 38.4 Å². The zero-order chi connectivity index (χ0) is 21.2. The molecule has 1 N–H and O–H groups in total. The van der Waals surface area contributed by atoms with Gasteiger partial charge >= 0.3 is 0 Å². The van der Waals surface area contributed by atoms with E-state index in [-0.39, 0.29) is 0 Å². The number of anilines is 2. The van der Waals surface area contributed by atoms with Crippen LogP contribution in [0.2, 0.25) is 0 Å². The van der Waals surface area contributed by atoms with E-state index in [0.29, 0.717) is 6.04 Å². The van der Waals surface area contributed by atoms with Crippen molar-refractivity contribution < 1.29 is 0 Å². The minimum atomic E-state index is 0.428. The lowest BCUT2D eigenvalue weighted by Crippen LogP contribution is -2.42. The smallest absolute Gasteiger partial charge is 0.224 e. The van der Waals surface area contributed by atoms with Crippen LogP contribution >= 0.6 is 0 Å². The fourth-order valence-corrected chi connectivity index (χ4v) is 4.39. The number of aromatic nitrogens is 2. The van der Waals surface area contributed by atoms with Gasteiger partial charge in [0.2, 0.25) is 5.95 Å². The molecule has 1 atom stereocenters. The molecule has 0 radical (unpaired) electrons. The Hall–Kier alpha value is -1.88. The Labute approximate surface area is 183 Å². The number of nitrogens with zero attached hydrogens (tertiary/aromatic N) is 4. The van der Waals surface area contributed by atoms with Crippen molar-refractivity contribution in [1.29, 1.82) is 0 Å². The summed E-state index contributed by atoms with van der Waals surface area (Å²) < 4.78 is 0. The van der Waals surface area contributed by atoms with E-state index in [1.165, 1.54) is 56.2 Å². The average molecular weight is 412 g/mol. The van der Waals surface area contributed by atoms with Crippen LogP contribution in [-0.2, 0) is 0 Å². The van der Waals surface area contributed by atoms with Gasteiger partial charge in [-0.2, -0.15) is 4.98 Å². The van der Waals surface area contributed by atoms with Crippen molar-refractivity contribution >= 4 is 11.8 Å². The Morgan fingerprint density at radius 3 is 2.63 bits per heavy atom. The molecule has 1 aromatic rings. The fourth-order valence-electron chi connectivity index (χ4n) is 4.39. The predicted molar refractivity (Wildman–Crippen MR) is 128 cm³/mol. The summed E-state index contributed by atoms with van der Waals surface area (Å²) in [7, 11) is 0. The maximum absolute atomic E-state index is 4.85. The standard InChI is InChI=1S/C25H41N5/c1-21(2)10-8-11-22(3)14-19-29-16-9-12-23(20-29)27-25-26-15-13-24(28-25)30-17-6-4-5-7-18-30/h10,13-15,23H,4-9,11-12,16-20H2,1-3H3,(H,26,27,28)/b22-14+. The molecule has 2 aliphatic rings. The predicted octanol–water partition coefficient (Wildman–Crippen LogP) is 5.43. The summed E-state index contributed by atoms with van der Waals surface area (Å²) in [5.74, 6) is 1.87. The van der Waals surface area contributed by atoms with E-state index >= 15 is 0 Å². The molecule has 0 bridgehead atoms. The molecule has 0 amide bonds. The number of hydrogen-bond acceptors (Lipinski definition) is 5. The minimum Gasteiger partial charge on any atom is -0.356 e. The van der Waals surface area contributed by atoms with Gasteiger partial charge in [-0.05, 0) is 71.9 Å². The van der Waals surface area contributed by atoms with Crippen LogP contribution in [0.3, 0.4) is 0 Å². The van der Waals surface area contributed by atoms with E-state index in [9.17, 15) is 0 Å². The molecule has 5 heteroatoms. The summed E-state index contributed by atoms with van der Waals surface area (Å²) in [5, 5.41) is 3.62. The Bertz CT molecular complexity index is 699. The van der Waals surface area contributed by atoms with E-state index in [4.69, 9.17) is 4.98 Å². The van der Waals surface area contributed by atoms with Gasteiger partial charge in [0.25, 0.3) is 0 Å². The quantitative estimate of drug-likeness (QED) is 0.578. The fraction of sp³-hybridized carbons (Fsp3) is 0.680. The van der Waals surface area contributed by atoms with Gasteiger partial charge in [-0.3, -0.25) is 4.90 Å². The number of piperidine rings is 1. The SMILES string of the molecule is CC(C)=CCC/C(C)=C/CN1CCCC(Nc2nccc(N3CCCCCC3)n2)C1. The summed E-state index contributed by atoms with van der Waals surface area (Å²) in [6.07, 6.45) is 16.6. The Morgan fingerprint density at radius 1 is 1.07 bits per heavy atom. The topological polar surface area (TPSA) is 44.3 Å². The van der Waals surface area contributed by atoms with E-state index in [0.717, 1.165) is 50.8 Å². The molecule has 1 aromatic heterocycles. The molecule has 5 nitrogen and oxygen atoms in total. The van der Waals surface area contributed by atoms with Crippen molar-refractivity contribution in [2.75, 3.05) is 42.9 Å². The summed E-state index contributed by atoms with van der Waals surface area (Å²) in [6, 6.07) is 2.49. The van der Waals surface area contributed by atoms with Crippen LogP contribution < -0.4 is 10.2 Å². The van der Waals surface area contributed by atoms with E-state index in [1.54, 1.807) is 0 Å². The molecule has 2 saturated heterocycles. The first-order valence-electron chi connectivity index (χ1n) is 12.0. The first-order chi connectivity index (χ1) is 14.6. The highest BCUT2D eigenvalue weighted by Crippen LogP contribution is 2.20. The maximum Gasteiger partial charge on any atom is 0.224 e. The number of likely N-dealkylation sites (tertiary alicyclic amines) is 1. The van der Waals surface area contributed by atoms with Gasteiger partial charge in [-0.15, -0.1) is 0 Å². The van der Waals surface area contributed by atoms with Crippen molar-refractivity contribution in [3.63, 3.8) is 0 Å². The Balaban J connectivity index is 1.50. The van der Waals surface area contributed by atoms with Crippen LogP contribution in [0.25, 0.3) is 0 Å². The maximum atomic E-state index is 4.85. The van der Waals surface area contributed by atoms with Gasteiger partial charge in [0.1, 0.15) is 5.82 Å². The number of nitrogens with one attached hydrogen (secondary N) is 1. The van der Waals surface area contributed by atoms with Gasteiger partial charge in [0.15, 0.2) is 0 Å². The number of rotatable bonds is 8. The molecule has 3 heterocycles. The molecular formula is C25H41N5. The highest BCUT2D eigenvalue weighted by atomic mass is 15.2. The van der Waals surface area contributed by atoms with Crippen molar-refractivity contribution in [1.82, 2.24) is 14.9 Å². The monoisotopic (exact) mass is 411 g/mol. The minimum absolute atomic E-state index is 0.428. The molecule has 0 aliphatic carbocycles. The van der Waals surface area contributed by atoms with Crippen molar-refractivity contribution in [3.05, 3.63) is 35.6 Å². The molecule has 0 aromatic carbocycles. The lowest BCUT2D eigenvalue weighted by Gasteiger charge is -2.32. The highest BCUT2D eigenvalue weighted by Gasteiger charge is 2.20. The van der Waals surface area contributed by atoms with Gasteiger partial charge in [0.05, 0.1) is 0 Å². The molecule has 2 aliphatic heterocycles. The van der Waals surface area contributed by atoms with E-state index in [2.05, 4.69) is 59.1 Å². The van der Waals surface area contributed by atoms with Gasteiger partial charge in [-0.25, -0.2) is 4.98 Å². The van der Waals surface area contributed by atoms with Crippen molar-refractivity contribution in [3.8, 4) is 0 Å². The molecule has 3 rings (SSSR count). The third-order valence-corrected chi connectivity index (χ3v) is 6.20. The molecule has 2 fully saturated rings. The van der Waals surface area contributed by atoms with Gasteiger partial charge in [-0.1, -0.05) is 36.1 Å². The van der Waals surface area contributed by atoms with Crippen molar-refractivity contribution in [2.45, 2.75) is 78.2 Å². The largest absolute Gasteiger partial charge is 0.356 e. The first kappa shape index (κ1) is 22.8. The molecule has 30 heavy (non-hydrogen) atoms. The second-order valence-electron chi connectivity index (χ2n) is 9.25. The summed E-state index contributed by atoms with van der Waals surface area (Å²) in [4.78, 5) is 14.3. The summed E-state index contributed by atoms with van der Waals surface area (Å²) >= 11 is 0. The van der Waals surface area contributed by atoms with Crippen molar-refractivity contribution in [2.24, 2.45) is 0 Å². The molecule has 0 saturated carbocycles. The Morgan fingerprint density at radius 2 is 1.87 bits per heavy atom. The average Bonchev–Trinajstić information content (AvgIpc) is 3.02. The molecule has 1 unspecified atom stereocenters. The lowest BCUT2D eigenvalue weighted by molar-refractivity contribution is 0.236. The normalized spacial score (nSPS) is 21.2. The van der Waals surface area contributed by atoms with Crippen LogP contribution in [0.1, 0.15) is 72.1 Å². The number of hydrogen-bond donors (Lipinski definition) is 1. The van der Waals surface area contributed by atoms with Crippen LogP contribution in [0.4, 0.5) is 11.8 Å². The van der Waals surface area contributed by atoms with Crippen LogP contribution in [0.15, 0.2) is 35.6 Å². The second-order valence-corrected chi connectivity index (χ2v) is 9.25. The summed E-state index contributed by atoms with van der Waals surface area (Å²) in [6.45, 7) is 12.1. The molecule has 166 valence electrons. The highest BCUT2D eigenvalue weighted by molar-refractivity contribution is 5.43.